The number of benzene rings is 2. The lowest BCUT2D eigenvalue weighted by atomic mass is 10.0. The van der Waals surface area contributed by atoms with Crippen molar-refractivity contribution in [2.24, 2.45) is 0 Å². The molecule has 0 bridgehead atoms. The number of aryl methyl sites for hydroxylation is 1. The molecular formula is C23H22F2N2O2S. The Kier molecular flexibility index (Phi) is 7.30. The summed E-state index contributed by atoms with van der Waals surface area (Å²) in [6.45, 7) is 2.21. The van der Waals surface area contributed by atoms with Crippen LogP contribution in [0, 0.1) is 18.6 Å². The molecule has 0 saturated carbocycles. The predicted molar refractivity (Wildman–Crippen MR) is 113 cm³/mol. The van der Waals surface area contributed by atoms with Crippen LogP contribution in [0.1, 0.15) is 45.2 Å². The van der Waals surface area contributed by atoms with Gasteiger partial charge in [0.25, 0.3) is 5.91 Å². The topological polar surface area (TPSA) is 58.2 Å². The molecule has 7 heteroatoms. The highest BCUT2D eigenvalue weighted by molar-refractivity contribution is 7.10. The Hall–Kier alpha value is -3.06. The van der Waals surface area contributed by atoms with Gasteiger partial charge in [-0.15, -0.1) is 11.3 Å². The van der Waals surface area contributed by atoms with E-state index in [1.807, 2.05) is 48.7 Å². The molecule has 2 amide bonds. The van der Waals surface area contributed by atoms with Crippen molar-refractivity contribution in [1.29, 1.82) is 0 Å². The van der Waals surface area contributed by atoms with Crippen molar-refractivity contribution in [3.8, 4) is 0 Å². The Morgan fingerprint density at radius 2 is 1.83 bits per heavy atom. The molecule has 0 fully saturated rings. The van der Waals surface area contributed by atoms with Crippen LogP contribution >= 0.6 is 11.3 Å². The molecule has 3 rings (SSSR count). The van der Waals surface area contributed by atoms with Crippen molar-refractivity contribution in [3.05, 3.63) is 93.2 Å². The molecule has 2 N–H and O–H groups in total. The van der Waals surface area contributed by atoms with Gasteiger partial charge in [-0.2, -0.15) is 0 Å². The van der Waals surface area contributed by atoms with Crippen LogP contribution in [0.2, 0.25) is 0 Å². The predicted octanol–water partition coefficient (Wildman–Crippen LogP) is 4.75. The third-order valence-electron chi connectivity index (χ3n) is 4.59. The minimum Gasteiger partial charge on any atom is -0.352 e. The van der Waals surface area contributed by atoms with Gasteiger partial charge in [-0.1, -0.05) is 35.9 Å². The Morgan fingerprint density at radius 3 is 2.50 bits per heavy atom. The molecule has 1 heterocycles. The molecule has 0 spiro atoms. The third kappa shape index (κ3) is 5.73. The maximum absolute atomic E-state index is 13.6. The molecule has 156 valence electrons. The maximum Gasteiger partial charge on any atom is 0.254 e. The van der Waals surface area contributed by atoms with Crippen LogP contribution in [-0.4, -0.2) is 18.4 Å². The Morgan fingerprint density at radius 1 is 1.07 bits per heavy atom. The zero-order valence-electron chi connectivity index (χ0n) is 16.5. The minimum absolute atomic E-state index is 0.142. The molecule has 4 nitrogen and oxygen atoms in total. The molecule has 0 radical (unpaired) electrons. The fourth-order valence-electron chi connectivity index (χ4n) is 2.99. The van der Waals surface area contributed by atoms with E-state index in [0.717, 1.165) is 28.1 Å². The summed E-state index contributed by atoms with van der Waals surface area (Å²) in [5.74, 6) is -2.43. The van der Waals surface area contributed by atoms with Gasteiger partial charge in [0, 0.05) is 23.9 Å². The SMILES string of the molecule is Cc1ccc(C(NC(=O)CCCNC(=O)c2ccc(F)cc2F)c2cccs2)cc1. The largest absolute Gasteiger partial charge is 0.352 e. The minimum atomic E-state index is -0.915. The van der Waals surface area contributed by atoms with Gasteiger partial charge in [0.15, 0.2) is 0 Å². The van der Waals surface area contributed by atoms with Crippen molar-refractivity contribution in [1.82, 2.24) is 10.6 Å². The molecule has 30 heavy (non-hydrogen) atoms. The molecule has 0 aliphatic rings. The van der Waals surface area contributed by atoms with Crippen LogP contribution in [0.15, 0.2) is 60.0 Å². The quantitative estimate of drug-likeness (QED) is 0.509. The van der Waals surface area contributed by atoms with Gasteiger partial charge < -0.3 is 10.6 Å². The maximum atomic E-state index is 13.6. The molecule has 0 aliphatic carbocycles. The lowest BCUT2D eigenvalue weighted by Gasteiger charge is -2.18. The second kappa shape index (κ2) is 10.1. The molecule has 0 aliphatic heterocycles. The normalized spacial score (nSPS) is 11.7. The molecule has 3 aromatic rings. The van der Waals surface area contributed by atoms with Gasteiger partial charge in [-0.25, -0.2) is 8.78 Å². The van der Waals surface area contributed by atoms with E-state index in [9.17, 15) is 18.4 Å². The fourth-order valence-corrected chi connectivity index (χ4v) is 3.79. The fraction of sp³-hybridized carbons (Fsp3) is 0.217. The number of thiophene rings is 1. The van der Waals surface area contributed by atoms with E-state index >= 15 is 0 Å². The lowest BCUT2D eigenvalue weighted by Crippen LogP contribution is -2.30. The van der Waals surface area contributed by atoms with E-state index in [1.54, 1.807) is 11.3 Å². The van der Waals surface area contributed by atoms with E-state index in [0.29, 0.717) is 12.5 Å². The monoisotopic (exact) mass is 428 g/mol. The number of carbonyl (C=O) groups excluding carboxylic acids is 2. The Balaban J connectivity index is 1.52. The summed E-state index contributed by atoms with van der Waals surface area (Å²) in [5.41, 5.74) is 1.91. The van der Waals surface area contributed by atoms with E-state index in [1.165, 1.54) is 0 Å². The van der Waals surface area contributed by atoms with Gasteiger partial charge in [-0.3, -0.25) is 9.59 Å². The molecular weight excluding hydrogens is 406 g/mol. The van der Waals surface area contributed by atoms with Gasteiger partial charge in [0.2, 0.25) is 5.91 Å². The summed E-state index contributed by atoms with van der Waals surface area (Å²) in [6.07, 6.45) is 0.603. The molecule has 1 atom stereocenters. The number of hydrogen-bond acceptors (Lipinski definition) is 3. The molecule has 1 aromatic heterocycles. The average Bonchev–Trinajstić information content (AvgIpc) is 3.24. The summed E-state index contributed by atoms with van der Waals surface area (Å²) < 4.78 is 26.6. The molecule has 0 saturated heterocycles. The Labute approximate surface area is 177 Å². The summed E-state index contributed by atoms with van der Waals surface area (Å²) in [5, 5.41) is 7.57. The zero-order chi connectivity index (χ0) is 21.5. The van der Waals surface area contributed by atoms with Crippen LogP contribution in [0.4, 0.5) is 8.78 Å². The number of nitrogens with one attached hydrogen (secondary N) is 2. The number of carbonyl (C=O) groups is 2. The van der Waals surface area contributed by atoms with Crippen molar-refractivity contribution < 1.29 is 18.4 Å². The molecule has 2 aromatic carbocycles. The number of amides is 2. The Bertz CT molecular complexity index is 1000. The van der Waals surface area contributed by atoms with Gasteiger partial charge in [0.05, 0.1) is 11.6 Å². The van der Waals surface area contributed by atoms with Crippen molar-refractivity contribution >= 4 is 23.2 Å². The van der Waals surface area contributed by atoms with E-state index in [4.69, 9.17) is 0 Å². The van der Waals surface area contributed by atoms with Crippen molar-refractivity contribution in [2.75, 3.05) is 6.54 Å². The summed E-state index contributed by atoms with van der Waals surface area (Å²) in [6, 6.07) is 14.5. The van der Waals surface area contributed by atoms with Crippen LogP contribution in [-0.2, 0) is 4.79 Å². The smallest absolute Gasteiger partial charge is 0.254 e. The summed E-state index contributed by atoms with van der Waals surface area (Å²) in [4.78, 5) is 25.5. The lowest BCUT2D eigenvalue weighted by molar-refractivity contribution is -0.121. The number of rotatable bonds is 8. The second-order valence-corrected chi connectivity index (χ2v) is 7.89. The van der Waals surface area contributed by atoms with E-state index in [-0.39, 0.29) is 30.5 Å². The van der Waals surface area contributed by atoms with Crippen LogP contribution in [0.3, 0.4) is 0 Å². The first kappa shape index (κ1) is 21.6. The average molecular weight is 429 g/mol. The van der Waals surface area contributed by atoms with Crippen LogP contribution in [0.5, 0.6) is 0 Å². The van der Waals surface area contributed by atoms with Crippen LogP contribution < -0.4 is 10.6 Å². The van der Waals surface area contributed by atoms with E-state index in [2.05, 4.69) is 10.6 Å². The first-order valence-corrected chi connectivity index (χ1v) is 10.4. The standard InChI is InChI=1S/C23H22F2N2O2S/c1-15-6-8-16(9-7-15)22(20-4-3-13-30-20)27-21(28)5-2-12-26-23(29)18-11-10-17(24)14-19(18)25/h3-4,6-11,13-14,22H,2,5,12H2,1H3,(H,26,29)(H,27,28). The first-order valence-electron chi connectivity index (χ1n) is 9.56. The van der Waals surface area contributed by atoms with Gasteiger partial charge >= 0.3 is 0 Å². The number of halogens is 2. The summed E-state index contributed by atoms with van der Waals surface area (Å²) in [7, 11) is 0. The number of hydrogen-bond donors (Lipinski definition) is 2. The van der Waals surface area contributed by atoms with Gasteiger partial charge in [0.1, 0.15) is 11.6 Å². The second-order valence-electron chi connectivity index (χ2n) is 6.91. The van der Waals surface area contributed by atoms with Gasteiger partial charge in [-0.05, 0) is 42.5 Å². The highest BCUT2D eigenvalue weighted by atomic mass is 32.1. The zero-order valence-corrected chi connectivity index (χ0v) is 17.3. The van der Waals surface area contributed by atoms with Crippen LogP contribution in [0.25, 0.3) is 0 Å². The summed E-state index contributed by atoms with van der Waals surface area (Å²) >= 11 is 1.57. The highest BCUT2D eigenvalue weighted by Gasteiger charge is 2.18. The third-order valence-corrected chi connectivity index (χ3v) is 5.52. The highest BCUT2D eigenvalue weighted by Crippen LogP contribution is 2.26. The van der Waals surface area contributed by atoms with Crippen molar-refractivity contribution in [3.63, 3.8) is 0 Å². The molecule has 1 unspecified atom stereocenters. The van der Waals surface area contributed by atoms with E-state index < -0.39 is 17.5 Å². The van der Waals surface area contributed by atoms with Crippen molar-refractivity contribution in [2.45, 2.75) is 25.8 Å². The first-order chi connectivity index (χ1) is 14.4.